The van der Waals surface area contributed by atoms with Crippen molar-refractivity contribution in [3.8, 4) is 5.75 Å². The van der Waals surface area contributed by atoms with Crippen molar-refractivity contribution in [3.63, 3.8) is 0 Å². The number of carbonyl (C=O) groups is 1. The number of aliphatic hydroxyl groups excluding tert-OH is 1. The summed E-state index contributed by atoms with van der Waals surface area (Å²) in [6.07, 6.45) is -7.65. The Hall–Kier alpha value is -3.08. The minimum absolute atomic E-state index is 0.00267. The molecule has 0 aliphatic carbocycles. The van der Waals surface area contributed by atoms with Gasteiger partial charge < -0.3 is 19.0 Å². The second-order valence-electron chi connectivity index (χ2n) is 12.8. The minimum atomic E-state index is -8.68. The van der Waals surface area contributed by atoms with Crippen LogP contribution in [0.4, 0.5) is 74.6 Å². The standard InChI is InChI=1S/C32H37F17O5Si/c1-6-15-53-24(51)9-7-8-23(50)21-10-12-22(13-11-21)52-16-17-54-55(19(2)3,20(4)5)18-14-25(33,34)26(35,36)27(37,38)28(39,40)29(41,42)30(43,44)31(45,46)32(47,48)49/h6-7,9-13,19-20,23,50H,1,8,14-18H2,2-5H3/b9-7+/t23-/m0/s1. The second kappa shape index (κ2) is 17.6. The number of alkyl halides is 17. The molecule has 0 aromatic heterocycles. The molecule has 55 heavy (non-hydrogen) atoms. The van der Waals surface area contributed by atoms with E-state index in [1.54, 1.807) is 0 Å². The molecule has 0 amide bonds. The van der Waals surface area contributed by atoms with Gasteiger partial charge in [0.25, 0.3) is 0 Å². The fourth-order valence-corrected chi connectivity index (χ4v) is 9.62. The van der Waals surface area contributed by atoms with Gasteiger partial charge in [0.15, 0.2) is 8.32 Å². The predicted molar refractivity (Wildman–Crippen MR) is 164 cm³/mol. The Morgan fingerprint density at radius 2 is 1.18 bits per heavy atom. The van der Waals surface area contributed by atoms with Gasteiger partial charge in [0.2, 0.25) is 0 Å². The van der Waals surface area contributed by atoms with Crippen molar-refractivity contribution in [2.75, 3.05) is 19.8 Å². The molecular formula is C32H37F17O5Si. The third-order valence-electron chi connectivity index (χ3n) is 8.52. The van der Waals surface area contributed by atoms with Crippen molar-refractivity contribution in [2.45, 2.75) is 111 Å². The molecule has 1 aromatic carbocycles. The largest absolute Gasteiger partial charge is 0.491 e. The summed E-state index contributed by atoms with van der Waals surface area (Å²) in [5.41, 5.74) is -1.34. The molecule has 318 valence electrons. The van der Waals surface area contributed by atoms with Gasteiger partial charge in [-0.25, -0.2) is 4.79 Å². The van der Waals surface area contributed by atoms with Gasteiger partial charge in [-0.3, -0.25) is 0 Å². The number of hydrogen-bond acceptors (Lipinski definition) is 5. The van der Waals surface area contributed by atoms with Gasteiger partial charge in [-0.05, 0) is 41.2 Å². The summed E-state index contributed by atoms with van der Waals surface area (Å²) in [7, 11) is -3.94. The monoisotopic (exact) mass is 852 g/mol. The Labute approximate surface area is 304 Å². The molecule has 0 heterocycles. The van der Waals surface area contributed by atoms with Gasteiger partial charge >= 0.3 is 53.6 Å². The smallest absolute Gasteiger partial charge is 0.460 e. The van der Waals surface area contributed by atoms with E-state index in [-0.39, 0.29) is 25.4 Å². The van der Waals surface area contributed by atoms with Gasteiger partial charge in [0.05, 0.1) is 12.7 Å². The van der Waals surface area contributed by atoms with E-state index >= 15 is 0 Å². The molecule has 5 nitrogen and oxygen atoms in total. The molecule has 0 aliphatic heterocycles. The summed E-state index contributed by atoms with van der Waals surface area (Å²) in [5, 5.41) is 10.3. The molecule has 1 atom stereocenters. The van der Waals surface area contributed by atoms with Crippen LogP contribution < -0.4 is 4.74 Å². The zero-order chi connectivity index (χ0) is 43.3. The lowest BCUT2D eigenvalue weighted by Crippen LogP contribution is -2.74. The highest BCUT2D eigenvalue weighted by molar-refractivity contribution is 6.76. The Morgan fingerprint density at radius 3 is 1.62 bits per heavy atom. The van der Waals surface area contributed by atoms with Gasteiger partial charge in [0, 0.05) is 12.5 Å². The quantitative estimate of drug-likeness (QED) is 0.0314. The lowest BCUT2D eigenvalue weighted by Gasteiger charge is -2.44. The zero-order valence-corrected chi connectivity index (χ0v) is 30.2. The molecule has 0 unspecified atom stereocenters. The van der Waals surface area contributed by atoms with Crippen molar-refractivity contribution >= 4 is 14.3 Å². The Morgan fingerprint density at radius 1 is 0.727 bits per heavy atom. The molecule has 0 saturated carbocycles. The Kier molecular flexibility index (Phi) is 16.0. The highest BCUT2D eigenvalue weighted by atomic mass is 28.4. The van der Waals surface area contributed by atoms with E-state index in [4.69, 9.17) is 13.9 Å². The number of carbonyl (C=O) groups excluding carboxylic acids is 1. The normalized spacial score (nSPS) is 15.2. The third kappa shape index (κ3) is 9.90. The third-order valence-corrected chi connectivity index (χ3v) is 14.2. The van der Waals surface area contributed by atoms with E-state index in [1.807, 2.05) is 0 Å². The first-order chi connectivity index (χ1) is 24.7. The van der Waals surface area contributed by atoms with Gasteiger partial charge in [-0.15, -0.1) is 0 Å². The first-order valence-electron chi connectivity index (χ1n) is 15.9. The van der Waals surface area contributed by atoms with Gasteiger partial charge in [-0.1, -0.05) is 58.6 Å². The topological polar surface area (TPSA) is 65.0 Å². The molecule has 0 aliphatic rings. The first-order valence-corrected chi connectivity index (χ1v) is 18.1. The van der Waals surface area contributed by atoms with Crippen LogP contribution in [0.1, 0.15) is 52.2 Å². The fourth-order valence-electron chi connectivity index (χ4n) is 5.15. The molecule has 0 saturated heterocycles. The summed E-state index contributed by atoms with van der Waals surface area (Å²) in [4.78, 5) is 11.5. The highest BCUT2D eigenvalue weighted by Gasteiger charge is 2.95. The lowest BCUT2D eigenvalue weighted by atomic mass is 9.88. The van der Waals surface area contributed by atoms with E-state index in [0.29, 0.717) is 5.56 Å². The Bertz CT molecular complexity index is 1440. The van der Waals surface area contributed by atoms with Gasteiger partial charge in [0.1, 0.15) is 19.0 Å². The number of aliphatic hydroxyl groups is 1. The van der Waals surface area contributed by atoms with E-state index < -0.39 is 98.2 Å². The summed E-state index contributed by atoms with van der Waals surface area (Å²) in [6.45, 7) is 7.75. The maximum absolute atomic E-state index is 14.8. The Balaban J connectivity index is 3.17. The average molecular weight is 853 g/mol. The average Bonchev–Trinajstić information content (AvgIpc) is 3.05. The van der Waals surface area contributed by atoms with Crippen LogP contribution in [0.25, 0.3) is 0 Å². The minimum Gasteiger partial charge on any atom is -0.491 e. The van der Waals surface area contributed by atoms with Crippen molar-refractivity contribution in [1.29, 1.82) is 0 Å². The molecule has 0 spiro atoms. The maximum Gasteiger partial charge on any atom is 0.460 e. The maximum atomic E-state index is 14.8. The number of ether oxygens (including phenoxy) is 2. The van der Waals surface area contributed by atoms with E-state index in [2.05, 4.69) is 6.58 Å². The van der Waals surface area contributed by atoms with Crippen LogP contribution in [0, 0.1) is 0 Å². The molecule has 1 aromatic rings. The molecule has 23 heteroatoms. The first kappa shape index (κ1) is 49.9. The fraction of sp³-hybridized carbons (Fsp3) is 0.656. The number of hydrogen-bond donors (Lipinski definition) is 1. The highest BCUT2D eigenvalue weighted by Crippen LogP contribution is 2.64. The van der Waals surface area contributed by atoms with Crippen LogP contribution in [0.15, 0.2) is 49.1 Å². The number of benzene rings is 1. The van der Waals surface area contributed by atoms with Crippen molar-refractivity contribution in [1.82, 2.24) is 0 Å². The summed E-state index contributed by atoms with van der Waals surface area (Å²) < 4.78 is 250. The van der Waals surface area contributed by atoms with Crippen LogP contribution in [0.2, 0.25) is 17.1 Å². The molecule has 0 fully saturated rings. The second-order valence-corrected chi connectivity index (χ2v) is 17.8. The number of esters is 1. The summed E-state index contributed by atoms with van der Waals surface area (Å²) >= 11 is 0. The van der Waals surface area contributed by atoms with Crippen molar-refractivity contribution < 1.29 is 98.4 Å². The molecule has 1 rings (SSSR count). The van der Waals surface area contributed by atoms with Crippen molar-refractivity contribution in [3.05, 3.63) is 54.6 Å². The SMILES string of the molecule is C=CCOC(=O)/C=C/C[C@H](O)c1ccc(OCCO[Si](CCC(F)(F)C(F)(F)C(F)(F)C(F)(F)C(F)(F)C(F)(F)C(F)(F)C(F)(F)F)(C(C)C)C(C)C)cc1. The van der Waals surface area contributed by atoms with Crippen LogP contribution in [-0.4, -0.2) is 86.8 Å². The van der Waals surface area contributed by atoms with Crippen LogP contribution in [0.5, 0.6) is 5.75 Å². The molecule has 0 bridgehead atoms. The molecule has 0 radical (unpaired) electrons. The number of rotatable bonds is 22. The zero-order valence-electron chi connectivity index (χ0n) is 29.2. The van der Waals surface area contributed by atoms with E-state index in [0.717, 1.165) is 6.08 Å². The molecule has 1 N–H and O–H groups in total. The van der Waals surface area contributed by atoms with E-state index in [1.165, 1.54) is 64.1 Å². The summed E-state index contributed by atoms with van der Waals surface area (Å²) in [6, 6.07) is 4.29. The number of halogens is 17. The summed E-state index contributed by atoms with van der Waals surface area (Å²) in [5.74, 6) is -57.2. The predicted octanol–water partition coefficient (Wildman–Crippen LogP) is 11.0. The lowest BCUT2D eigenvalue weighted by molar-refractivity contribution is -0.461. The molecular weight excluding hydrogens is 815 g/mol. The van der Waals surface area contributed by atoms with Crippen LogP contribution in [0.3, 0.4) is 0 Å². The van der Waals surface area contributed by atoms with Crippen LogP contribution in [-0.2, 0) is 14.0 Å². The van der Waals surface area contributed by atoms with Crippen LogP contribution >= 0.6 is 0 Å². The van der Waals surface area contributed by atoms with Crippen molar-refractivity contribution in [2.24, 2.45) is 0 Å². The van der Waals surface area contributed by atoms with E-state index in [9.17, 15) is 84.5 Å². The van der Waals surface area contributed by atoms with Gasteiger partial charge in [-0.2, -0.15) is 74.6 Å².